The Labute approximate surface area is 134 Å². The Hall–Kier alpha value is -2.56. The lowest BCUT2D eigenvalue weighted by Gasteiger charge is -2.22. The molecule has 1 atom stereocenters. The summed E-state index contributed by atoms with van der Waals surface area (Å²) in [7, 11) is -0.581. The molecule has 2 aromatic rings. The number of amides is 3. The number of para-hydroxylation sites is 1. The van der Waals surface area contributed by atoms with Gasteiger partial charge in [0.25, 0.3) is 5.91 Å². The smallest absolute Gasteiger partial charge is 0.277 e. The molecular weight excluding hydrogens is 315 g/mol. The Morgan fingerprint density at radius 1 is 0.957 bits per heavy atom. The second kappa shape index (κ2) is 6.69. The van der Waals surface area contributed by atoms with E-state index in [1.165, 1.54) is 4.90 Å². The van der Waals surface area contributed by atoms with Crippen molar-refractivity contribution in [2.45, 2.75) is 6.04 Å². The third kappa shape index (κ3) is 2.86. The van der Waals surface area contributed by atoms with Crippen LogP contribution < -0.4 is 4.90 Å². The summed E-state index contributed by atoms with van der Waals surface area (Å²) in [4.78, 5) is 27.7. The molecule has 23 heavy (non-hydrogen) atoms. The molecular formula is C16H13N2O4P. The summed E-state index contributed by atoms with van der Waals surface area (Å²) in [6.45, 7) is -0.352. The van der Waals surface area contributed by atoms with Gasteiger partial charge in [-0.3, -0.25) is 14.2 Å². The molecule has 2 aromatic carbocycles. The molecule has 1 aliphatic rings. The summed E-state index contributed by atoms with van der Waals surface area (Å²) < 4.78 is 15.2. The van der Waals surface area contributed by atoms with E-state index in [1.54, 1.807) is 36.4 Å². The van der Waals surface area contributed by atoms with Gasteiger partial charge in [0.15, 0.2) is 0 Å². The number of hydrogen-bond acceptors (Lipinski definition) is 4. The Morgan fingerprint density at radius 3 is 2.17 bits per heavy atom. The third-order valence-corrected chi connectivity index (χ3v) is 3.81. The lowest BCUT2D eigenvalue weighted by atomic mass is 10.1. The van der Waals surface area contributed by atoms with Gasteiger partial charge in [0.05, 0.1) is 0 Å². The number of imide groups is 1. The highest BCUT2D eigenvalue weighted by Gasteiger charge is 2.46. The Kier molecular flexibility index (Phi) is 4.46. The van der Waals surface area contributed by atoms with Gasteiger partial charge in [0.2, 0.25) is 0 Å². The zero-order chi connectivity index (χ0) is 16.2. The molecule has 6 nitrogen and oxygen atoms in total. The monoisotopic (exact) mass is 328 g/mol. The first-order valence-electron chi connectivity index (χ1n) is 6.93. The number of carbonyl (C=O) groups excluding carboxylic acids is 2. The van der Waals surface area contributed by atoms with Gasteiger partial charge in [-0.1, -0.05) is 48.5 Å². The molecule has 1 heterocycles. The van der Waals surface area contributed by atoms with Crippen molar-refractivity contribution in [2.75, 3.05) is 11.6 Å². The minimum Gasteiger partial charge on any atom is -0.277 e. The van der Waals surface area contributed by atoms with Crippen molar-refractivity contribution in [2.24, 2.45) is 0 Å². The van der Waals surface area contributed by atoms with Crippen molar-refractivity contribution in [1.29, 1.82) is 0 Å². The highest BCUT2D eigenvalue weighted by Crippen LogP contribution is 2.35. The van der Waals surface area contributed by atoms with Crippen LogP contribution in [0, 0.1) is 0 Å². The van der Waals surface area contributed by atoms with Crippen LogP contribution in [0.2, 0.25) is 0 Å². The van der Waals surface area contributed by atoms with Crippen LogP contribution in [-0.2, 0) is 13.9 Å². The second-order valence-electron chi connectivity index (χ2n) is 4.90. The number of benzene rings is 2. The molecule has 1 saturated heterocycles. The molecule has 3 amide bonds. The van der Waals surface area contributed by atoms with Crippen LogP contribution in [0.3, 0.4) is 0 Å². The predicted molar refractivity (Wildman–Crippen MR) is 83.9 cm³/mol. The fourth-order valence-corrected chi connectivity index (χ4v) is 2.73. The van der Waals surface area contributed by atoms with Gasteiger partial charge >= 0.3 is 14.7 Å². The number of rotatable bonds is 5. The molecule has 1 aliphatic heterocycles. The van der Waals surface area contributed by atoms with Crippen molar-refractivity contribution in [3.8, 4) is 0 Å². The highest BCUT2D eigenvalue weighted by molar-refractivity contribution is 7.17. The fourth-order valence-electron chi connectivity index (χ4n) is 2.57. The minimum absolute atomic E-state index is 0.352. The number of nitrogens with zero attached hydrogens (tertiary/aromatic N) is 2. The largest absolute Gasteiger partial charge is 0.334 e. The average Bonchev–Trinajstić information content (AvgIpc) is 2.85. The summed E-state index contributed by atoms with van der Waals surface area (Å²) in [5, 5.41) is 0. The van der Waals surface area contributed by atoms with E-state index in [4.69, 9.17) is 4.52 Å². The maximum Gasteiger partial charge on any atom is 0.334 e. The Morgan fingerprint density at radius 2 is 1.57 bits per heavy atom. The van der Waals surface area contributed by atoms with Crippen molar-refractivity contribution in [3.63, 3.8) is 0 Å². The maximum absolute atomic E-state index is 12.7. The number of hydrogen-bond donors (Lipinski definition) is 0. The molecule has 0 spiro atoms. The first-order valence-corrected chi connectivity index (χ1v) is 7.66. The molecule has 0 radical (unpaired) electrons. The van der Waals surface area contributed by atoms with E-state index >= 15 is 0 Å². The third-order valence-electron chi connectivity index (χ3n) is 3.58. The number of urea groups is 1. The Balaban J connectivity index is 2.04. The van der Waals surface area contributed by atoms with Crippen LogP contribution in [-0.4, -0.2) is 23.6 Å². The highest BCUT2D eigenvalue weighted by atomic mass is 31.1. The maximum atomic E-state index is 12.7. The topological polar surface area (TPSA) is 66.9 Å². The van der Waals surface area contributed by atoms with Crippen LogP contribution in [0.4, 0.5) is 10.5 Å². The van der Waals surface area contributed by atoms with E-state index in [1.807, 2.05) is 24.3 Å². The van der Waals surface area contributed by atoms with E-state index in [9.17, 15) is 14.2 Å². The van der Waals surface area contributed by atoms with Crippen molar-refractivity contribution >= 4 is 26.3 Å². The number of carbonyl (C=O) groups is 2. The van der Waals surface area contributed by atoms with Gasteiger partial charge in [-0.25, -0.2) is 14.3 Å². The summed E-state index contributed by atoms with van der Waals surface area (Å²) in [5.41, 5.74) is 1.32. The van der Waals surface area contributed by atoms with Gasteiger partial charge in [0.1, 0.15) is 12.8 Å². The zero-order valence-corrected chi connectivity index (χ0v) is 12.9. The van der Waals surface area contributed by atoms with E-state index in [0.717, 1.165) is 4.90 Å². The average molecular weight is 328 g/mol. The van der Waals surface area contributed by atoms with Gasteiger partial charge in [-0.05, 0) is 17.7 Å². The molecule has 116 valence electrons. The Bertz CT molecular complexity index is 666. The minimum atomic E-state index is -0.766. The van der Waals surface area contributed by atoms with Crippen LogP contribution in [0.25, 0.3) is 0 Å². The van der Waals surface area contributed by atoms with E-state index in [2.05, 4.69) is 0 Å². The molecule has 1 unspecified atom stereocenters. The van der Waals surface area contributed by atoms with Gasteiger partial charge < -0.3 is 0 Å². The van der Waals surface area contributed by atoms with Gasteiger partial charge in [-0.2, -0.15) is 0 Å². The van der Waals surface area contributed by atoms with E-state index < -0.39 is 26.7 Å². The van der Waals surface area contributed by atoms with Gasteiger partial charge in [-0.15, -0.1) is 0 Å². The second-order valence-corrected chi connectivity index (χ2v) is 5.31. The zero-order valence-electron chi connectivity index (χ0n) is 12.0. The van der Waals surface area contributed by atoms with E-state index in [-0.39, 0.29) is 6.73 Å². The van der Waals surface area contributed by atoms with Gasteiger partial charge in [0, 0.05) is 5.69 Å². The molecule has 0 saturated carbocycles. The van der Waals surface area contributed by atoms with Crippen molar-refractivity contribution in [1.82, 2.24) is 4.90 Å². The summed E-state index contributed by atoms with van der Waals surface area (Å²) in [5.74, 6) is -0.409. The number of anilines is 1. The molecule has 0 aliphatic carbocycles. The first-order chi connectivity index (χ1) is 11.2. The molecule has 0 N–H and O–H groups in total. The molecule has 7 heteroatoms. The quantitative estimate of drug-likeness (QED) is 0.623. The SMILES string of the molecule is O=POCN1C(=O)C(c2ccccc2)N(c2ccccc2)C1=O. The fraction of sp³-hybridized carbons (Fsp3) is 0.125. The molecule has 3 rings (SSSR count). The lowest BCUT2D eigenvalue weighted by Crippen LogP contribution is -2.34. The van der Waals surface area contributed by atoms with Crippen LogP contribution in [0.15, 0.2) is 60.7 Å². The van der Waals surface area contributed by atoms with Crippen LogP contribution in [0.1, 0.15) is 11.6 Å². The standard InChI is InChI=1S/C16H13N2O4P/c19-15-14(12-7-3-1-4-8-12)18(13-9-5-2-6-10-13)16(20)17(15)11-22-23-21/h1-10,14H,11H2. The normalized spacial score (nSPS) is 18.0. The summed E-state index contributed by atoms with van der Waals surface area (Å²) in [6.07, 6.45) is 0. The van der Waals surface area contributed by atoms with E-state index in [0.29, 0.717) is 11.3 Å². The van der Waals surface area contributed by atoms with Crippen LogP contribution >= 0.6 is 8.69 Å². The molecule has 1 fully saturated rings. The van der Waals surface area contributed by atoms with Crippen molar-refractivity contribution in [3.05, 3.63) is 66.2 Å². The van der Waals surface area contributed by atoms with Crippen LogP contribution in [0.5, 0.6) is 0 Å². The summed E-state index contributed by atoms with van der Waals surface area (Å²) in [6, 6.07) is 16.7. The molecule has 0 aromatic heterocycles. The summed E-state index contributed by atoms with van der Waals surface area (Å²) >= 11 is 0. The lowest BCUT2D eigenvalue weighted by molar-refractivity contribution is -0.129. The van der Waals surface area contributed by atoms with Crippen molar-refractivity contribution < 1.29 is 18.7 Å². The predicted octanol–water partition coefficient (Wildman–Crippen LogP) is 3.38. The first kappa shape index (κ1) is 15.3. The molecule has 0 bridgehead atoms.